The summed E-state index contributed by atoms with van der Waals surface area (Å²) in [4.78, 5) is 12.4. The summed E-state index contributed by atoms with van der Waals surface area (Å²) in [5, 5.41) is 2.97. The predicted octanol–water partition coefficient (Wildman–Crippen LogP) is 4.15. The molecule has 1 amide bonds. The lowest BCUT2D eigenvalue weighted by molar-refractivity contribution is -0.117. The third-order valence-corrected chi connectivity index (χ3v) is 4.42. The fourth-order valence-corrected chi connectivity index (χ4v) is 3.02. The smallest absolute Gasteiger partial charge is 0.244 e. The Labute approximate surface area is 171 Å². The maximum absolute atomic E-state index is 12.4. The van der Waals surface area contributed by atoms with Gasteiger partial charge < -0.3 is 24.3 Å². The van der Waals surface area contributed by atoms with E-state index in [9.17, 15) is 4.79 Å². The zero-order chi connectivity index (χ0) is 20.6. The van der Waals surface area contributed by atoms with Gasteiger partial charge in [0.05, 0.1) is 19.3 Å². The average molecular weight is 397 g/mol. The van der Waals surface area contributed by atoms with E-state index in [0.29, 0.717) is 43.7 Å². The van der Waals surface area contributed by atoms with Crippen molar-refractivity contribution in [3.05, 3.63) is 53.6 Å². The second-order valence-electron chi connectivity index (χ2n) is 6.54. The molecule has 1 N–H and O–H groups in total. The molecule has 6 heteroatoms. The van der Waals surface area contributed by atoms with Crippen LogP contribution in [0, 0.1) is 0 Å². The van der Waals surface area contributed by atoms with E-state index in [-0.39, 0.29) is 11.9 Å². The Balaban J connectivity index is 1.64. The van der Waals surface area contributed by atoms with Crippen molar-refractivity contribution in [1.82, 2.24) is 5.32 Å². The molecule has 0 aliphatic carbocycles. The fourth-order valence-electron chi connectivity index (χ4n) is 3.02. The Bertz CT molecular complexity index is 878. The fraction of sp³-hybridized carbons (Fsp3) is 0.348. The number of nitrogens with one attached hydrogen (secondary N) is 1. The van der Waals surface area contributed by atoms with Crippen LogP contribution in [0.3, 0.4) is 0 Å². The van der Waals surface area contributed by atoms with E-state index in [0.717, 1.165) is 16.9 Å². The Morgan fingerprint density at radius 2 is 1.76 bits per heavy atom. The zero-order valence-corrected chi connectivity index (χ0v) is 17.1. The second-order valence-corrected chi connectivity index (χ2v) is 6.54. The number of hydrogen-bond acceptors (Lipinski definition) is 5. The third-order valence-electron chi connectivity index (χ3n) is 4.42. The van der Waals surface area contributed by atoms with Crippen molar-refractivity contribution in [2.75, 3.05) is 26.4 Å². The highest BCUT2D eigenvalue weighted by Crippen LogP contribution is 2.32. The van der Waals surface area contributed by atoms with Crippen LogP contribution in [0.15, 0.2) is 42.5 Å². The summed E-state index contributed by atoms with van der Waals surface area (Å²) in [5.74, 6) is 2.63. The van der Waals surface area contributed by atoms with E-state index in [2.05, 4.69) is 5.32 Å². The summed E-state index contributed by atoms with van der Waals surface area (Å²) in [7, 11) is 0. The Kier molecular flexibility index (Phi) is 7.00. The standard InChI is InChI=1S/C23H27NO5/c1-4-26-19-10-8-18(15-22(19)27-5-2)16(3)24-23(25)11-7-17-6-9-20-21(14-17)29-13-12-28-20/h6-11,14-16H,4-5,12-13H2,1-3H3,(H,24,25)/b11-7+. The van der Waals surface area contributed by atoms with Gasteiger partial charge in [-0.15, -0.1) is 0 Å². The molecular formula is C23H27NO5. The van der Waals surface area contributed by atoms with Crippen molar-refractivity contribution in [3.8, 4) is 23.0 Å². The molecule has 1 atom stereocenters. The van der Waals surface area contributed by atoms with Gasteiger partial charge in [-0.05, 0) is 62.2 Å². The molecule has 154 valence electrons. The van der Waals surface area contributed by atoms with Crippen molar-refractivity contribution in [3.63, 3.8) is 0 Å². The topological polar surface area (TPSA) is 66.0 Å². The van der Waals surface area contributed by atoms with Gasteiger partial charge in [-0.2, -0.15) is 0 Å². The summed E-state index contributed by atoms with van der Waals surface area (Å²) in [6, 6.07) is 11.1. The Morgan fingerprint density at radius 3 is 2.52 bits per heavy atom. The highest BCUT2D eigenvalue weighted by Gasteiger charge is 2.13. The minimum atomic E-state index is -0.181. The first-order chi connectivity index (χ1) is 14.1. The summed E-state index contributed by atoms with van der Waals surface area (Å²) in [6.07, 6.45) is 3.27. The molecule has 1 aliphatic heterocycles. The van der Waals surface area contributed by atoms with Gasteiger partial charge in [0.15, 0.2) is 23.0 Å². The van der Waals surface area contributed by atoms with Crippen LogP contribution in [0.5, 0.6) is 23.0 Å². The van der Waals surface area contributed by atoms with Gasteiger partial charge in [0.1, 0.15) is 13.2 Å². The number of hydrogen-bond donors (Lipinski definition) is 1. The number of amides is 1. The van der Waals surface area contributed by atoms with Crippen molar-refractivity contribution in [2.45, 2.75) is 26.8 Å². The van der Waals surface area contributed by atoms with Gasteiger partial charge in [0.2, 0.25) is 5.91 Å². The molecule has 29 heavy (non-hydrogen) atoms. The van der Waals surface area contributed by atoms with Gasteiger partial charge in [-0.25, -0.2) is 0 Å². The van der Waals surface area contributed by atoms with Crippen LogP contribution in [0.4, 0.5) is 0 Å². The first-order valence-electron chi connectivity index (χ1n) is 9.88. The third kappa shape index (κ3) is 5.44. The van der Waals surface area contributed by atoms with Crippen LogP contribution >= 0.6 is 0 Å². The molecular weight excluding hydrogens is 370 g/mol. The molecule has 0 fully saturated rings. The van der Waals surface area contributed by atoms with E-state index in [1.54, 1.807) is 6.08 Å². The minimum absolute atomic E-state index is 0.178. The molecule has 1 heterocycles. The summed E-state index contributed by atoms with van der Waals surface area (Å²) in [6.45, 7) is 7.99. The van der Waals surface area contributed by atoms with E-state index in [1.807, 2.05) is 57.2 Å². The van der Waals surface area contributed by atoms with Gasteiger partial charge in [-0.3, -0.25) is 4.79 Å². The zero-order valence-electron chi connectivity index (χ0n) is 17.1. The number of ether oxygens (including phenoxy) is 4. The quantitative estimate of drug-likeness (QED) is 0.678. The number of rotatable bonds is 8. The highest BCUT2D eigenvalue weighted by molar-refractivity contribution is 5.92. The van der Waals surface area contributed by atoms with Gasteiger partial charge in [-0.1, -0.05) is 12.1 Å². The van der Waals surface area contributed by atoms with E-state index in [1.165, 1.54) is 6.08 Å². The minimum Gasteiger partial charge on any atom is -0.490 e. The van der Waals surface area contributed by atoms with Crippen LogP contribution in [0.2, 0.25) is 0 Å². The lowest BCUT2D eigenvalue weighted by Gasteiger charge is -2.18. The maximum Gasteiger partial charge on any atom is 0.244 e. The first-order valence-corrected chi connectivity index (χ1v) is 9.88. The summed E-state index contributed by atoms with van der Waals surface area (Å²) < 4.78 is 22.3. The molecule has 0 saturated carbocycles. The van der Waals surface area contributed by atoms with Crippen LogP contribution in [0.1, 0.15) is 37.9 Å². The Hall–Kier alpha value is -3.15. The molecule has 3 rings (SSSR count). The van der Waals surface area contributed by atoms with Crippen molar-refractivity contribution in [2.24, 2.45) is 0 Å². The molecule has 6 nitrogen and oxygen atoms in total. The van der Waals surface area contributed by atoms with Crippen molar-refractivity contribution >= 4 is 12.0 Å². The SMILES string of the molecule is CCOc1ccc(C(C)NC(=O)/C=C/c2ccc3c(c2)OCCO3)cc1OCC. The van der Waals surface area contributed by atoms with Crippen LogP contribution in [0.25, 0.3) is 6.08 Å². The normalized spacial score (nSPS) is 13.8. The van der Waals surface area contributed by atoms with Crippen molar-refractivity contribution in [1.29, 1.82) is 0 Å². The van der Waals surface area contributed by atoms with E-state index < -0.39 is 0 Å². The monoisotopic (exact) mass is 397 g/mol. The van der Waals surface area contributed by atoms with Crippen LogP contribution < -0.4 is 24.3 Å². The second kappa shape index (κ2) is 9.87. The summed E-state index contributed by atoms with van der Waals surface area (Å²) in [5.41, 5.74) is 1.81. The highest BCUT2D eigenvalue weighted by atomic mass is 16.6. The Morgan fingerprint density at radius 1 is 1.03 bits per heavy atom. The average Bonchev–Trinajstić information content (AvgIpc) is 2.73. The van der Waals surface area contributed by atoms with Gasteiger partial charge in [0, 0.05) is 6.08 Å². The number of fused-ring (bicyclic) bond motifs is 1. The van der Waals surface area contributed by atoms with Crippen LogP contribution in [-0.2, 0) is 4.79 Å². The molecule has 0 radical (unpaired) electrons. The van der Waals surface area contributed by atoms with Gasteiger partial charge >= 0.3 is 0 Å². The lowest BCUT2D eigenvalue weighted by Crippen LogP contribution is -2.24. The molecule has 1 unspecified atom stereocenters. The molecule has 0 saturated heterocycles. The molecule has 0 aromatic heterocycles. The molecule has 2 aromatic rings. The van der Waals surface area contributed by atoms with Gasteiger partial charge in [0.25, 0.3) is 0 Å². The lowest BCUT2D eigenvalue weighted by atomic mass is 10.1. The molecule has 2 aromatic carbocycles. The predicted molar refractivity (Wildman–Crippen MR) is 112 cm³/mol. The summed E-state index contributed by atoms with van der Waals surface area (Å²) >= 11 is 0. The maximum atomic E-state index is 12.4. The van der Waals surface area contributed by atoms with E-state index in [4.69, 9.17) is 18.9 Å². The van der Waals surface area contributed by atoms with Crippen LogP contribution in [-0.4, -0.2) is 32.3 Å². The number of carbonyl (C=O) groups is 1. The number of carbonyl (C=O) groups excluding carboxylic acids is 1. The van der Waals surface area contributed by atoms with Crippen molar-refractivity contribution < 1.29 is 23.7 Å². The van der Waals surface area contributed by atoms with E-state index >= 15 is 0 Å². The largest absolute Gasteiger partial charge is 0.490 e. The number of benzene rings is 2. The molecule has 1 aliphatic rings. The molecule has 0 spiro atoms. The molecule has 0 bridgehead atoms. The first kappa shape index (κ1) is 20.6.